The van der Waals surface area contributed by atoms with E-state index in [1.54, 1.807) is 7.05 Å². The molecule has 21 heavy (non-hydrogen) atoms. The number of likely N-dealkylation sites (N-methyl/N-ethyl adjacent to an activating group) is 1. The average Bonchev–Trinajstić information content (AvgIpc) is 2.45. The van der Waals surface area contributed by atoms with Crippen molar-refractivity contribution in [3.05, 3.63) is 35.6 Å². The number of rotatable bonds is 5. The summed E-state index contributed by atoms with van der Waals surface area (Å²) in [6.45, 7) is 0.538. The quantitative estimate of drug-likeness (QED) is 0.763. The molecule has 1 aliphatic rings. The number of ketones is 1. The number of carbonyl (C=O) groups excluding carboxylic acids is 3. The Morgan fingerprint density at radius 1 is 1.14 bits per heavy atom. The summed E-state index contributed by atoms with van der Waals surface area (Å²) in [6, 6.07) is 5.39. The molecule has 0 aromatic heterocycles. The topological polar surface area (TPSA) is 57.7 Å². The molecule has 0 radical (unpaired) electrons. The maximum Gasteiger partial charge on any atom is 0.242 e. The second-order valence-electron chi connectivity index (χ2n) is 5.10. The smallest absolute Gasteiger partial charge is 0.242 e. The zero-order valence-corrected chi connectivity index (χ0v) is 11.8. The molecule has 112 valence electrons. The van der Waals surface area contributed by atoms with Crippen LogP contribution in [0.3, 0.4) is 0 Å². The van der Waals surface area contributed by atoms with E-state index in [1.165, 1.54) is 34.1 Å². The first kappa shape index (κ1) is 15.2. The molecule has 1 aromatic carbocycles. The molecule has 1 saturated heterocycles. The summed E-state index contributed by atoms with van der Waals surface area (Å²) >= 11 is 0. The van der Waals surface area contributed by atoms with Gasteiger partial charge in [0.1, 0.15) is 5.82 Å². The van der Waals surface area contributed by atoms with E-state index in [9.17, 15) is 18.8 Å². The van der Waals surface area contributed by atoms with Gasteiger partial charge in [0.05, 0.1) is 13.1 Å². The van der Waals surface area contributed by atoms with Crippen molar-refractivity contribution < 1.29 is 18.8 Å². The van der Waals surface area contributed by atoms with Crippen LogP contribution in [0.2, 0.25) is 0 Å². The Kier molecular flexibility index (Phi) is 4.67. The van der Waals surface area contributed by atoms with Gasteiger partial charge in [0.2, 0.25) is 11.8 Å². The van der Waals surface area contributed by atoms with Gasteiger partial charge in [0.15, 0.2) is 5.78 Å². The van der Waals surface area contributed by atoms with Crippen LogP contribution in [-0.2, 0) is 9.59 Å². The summed E-state index contributed by atoms with van der Waals surface area (Å²) in [5, 5.41) is 0. The predicted molar refractivity (Wildman–Crippen MR) is 74.2 cm³/mol. The lowest BCUT2D eigenvalue weighted by Crippen LogP contribution is -2.52. The van der Waals surface area contributed by atoms with Crippen molar-refractivity contribution in [2.45, 2.75) is 12.8 Å². The molecule has 6 heteroatoms. The second-order valence-corrected chi connectivity index (χ2v) is 5.10. The van der Waals surface area contributed by atoms with Crippen molar-refractivity contribution in [1.82, 2.24) is 9.80 Å². The summed E-state index contributed by atoms with van der Waals surface area (Å²) in [7, 11) is 1.59. The number of carbonyl (C=O) groups is 3. The zero-order chi connectivity index (χ0) is 15.4. The Hall–Kier alpha value is -2.24. The minimum atomic E-state index is -0.381. The SMILES string of the molecule is CN1CC(=O)N(CCCC(=O)c2ccc(F)cc2)CC1=O. The first-order valence-electron chi connectivity index (χ1n) is 6.78. The largest absolute Gasteiger partial charge is 0.335 e. The van der Waals surface area contributed by atoms with Crippen molar-refractivity contribution >= 4 is 17.6 Å². The molecule has 0 unspecified atom stereocenters. The Morgan fingerprint density at radius 3 is 2.48 bits per heavy atom. The molecule has 1 fully saturated rings. The number of hydrogen-bond acceptors (Lipinski definition) is 3. The van der Waals surface area contributed by atoms with Crippen molar-refractivity contribution in [2.24, 2.45) is 0 Å². The van der Waals surface area contributed by atoms with E-state index < -0.39 is 0 Å². The fraction of sp³-hybridized carbons (Fsp3) is 0.400. The fourth-order valence-electron chi connectivity index (χ4n) is 2.18. The fourth-order valence-corrected chi connectivity index (χ4v) is 2.18. The van der Waals surface area contributed by atoms with Crippen molar-refractivity contribution in [3.63, 3.8) is 0 Å². The first-order valence-corrected chi connectivity index (χ1v) is 6.78. The molecular weight excluding hydrogens is 275 g/mol. The van der Waals surface area contributed by atoms with E-state index in [0.29, 0.717) is 18.5 Å². The molecule has 1 aliphatic heterocycles. The third-order valence-electron chi connectivity index (χ3n) is 3.48. The van der Waals surface area contributed by atoms with E-state index in [4.69, 9.17) is 0 Å². The standard InChI is InChI=1S/C15H17FN2O3/c1-17-9-15(21)18(10-14(17)20)8-2-3-13(19)11-4-6-12(16)7-5-11/h4-7H,2-3,8-10H2,1H3. The van der Waals surface area contributed by atoms with Crippen molar-refractivity contribution in [3.8, 4) is 0 Å². The number of benzene rings is 1. The summed E-state index contributed by atoms with van der Waals surface area (Å²) < 4.78 is 12.8. The van der Waals surface area contributed by atoms with Crippen LogP contribution in [0.5, 0.6) is 0 Å². The number of piperazine rings is 1. The van der Waals surface area contributed by atoms with Gasteiger partial charge in [-0.1, -0.05) is 0 Å². The van der Waals surface area contributed by atoms with Gasteiger partial charge in [-0.2, -0.15) is 0 Å². The third kappa shape index (κ3) is 3.87. The van der Waals surface area contributed by atoms with Crippen LogP contribution in [-0.4, -0.2) is 54.1 Å². The van der Waals surface area contributed by atoms with Crippen molar-refractivity contribution in [2.75, 3.05) is 26.7 Å². The Bertz CT molecular complexity index is 557. The van der Waals surface area contributed by atoms with Crippen LogP contribution in [0.15, 0.2) is 24.3 Å². The van der Waals surface area contributed by atoms with E-state index >= 15 is 0 Å². The molecule has 0 aliphatic carbocycles. The maximum atomic E-state index is 12.8. The third-order valence-corrected chi connectivity index (χ3v) is 3.48. The lowest BCUT2D eigenvalue weighted by Gasteiger charge is -2.31. The van der Waals surface area contributed by atoms with Gasteiger partial charge in [-0.05, 0) is 30.7 Å². The number of amides is 2. The van der Waals surface area contributed by atoms with E-state index in [2.05, 4.69) is 0 Å². The lowest BCUT2D eigenvalue weighted by molar-refractivity contribution is -0.148. The molecule has 0 saturated carbocycles. The molecule has 1 heterocycles. The summed E-state index contributed by atoms with van der Waals surface area (Å²) in [6.07, 6.45) is 0.748. The van der Waals surface area contributed by atoms with Crippen molar-refractivity contribution in [1.29, 1.82) is 0 Å². The predicted octanol–water partition coefficient (Wildman–Crippen LogP) is 1.09. The van der Waals surface area contributed by atoms with Crippen LogP contribution in [0.1, 0.15) is 23.2 Å². The lowest BCUT2D eigenvalue weighted by atomic mass is 10.1. The molecule has 2 amide bonds. The zero-order valence-electron chi connectivity index (χ0n) is 11.8. The Balaban J connectivity index is 1.81. The van der Waals surface area contributed by atoms with Gasteiger partial charge in [-0.15, -0.1) is 0 Å². The van der Waals surface area contributed by atoms with E-state index in [1.807, 2.05) is 0 Å². The van der Waals surface area contributed by atoms with Crippen LogP contribution >= 0.6 is 0 Å². The van der Waals surface area contributed by atoms with Gasteiger partial charge >= 0.3 is 0 Å². The molecule has 5 nitrogen and oxygen atoms in total. The van der Waals surface area contributed by atoms with Crippen LogP contribution in [0, 0.1) is 5.82 Å². The molecule has 2 rings (SSSR count). The molecule has 1 aromatic rings. The summed E-state index contributed by atoms with van der Waals surface area (Å²) in [5.74, 6) is -0.679. The van der Waals surface area contributed by atoms with E-state index in [0.717, 1.165) is 0 Å². The minimum Gasteiger partial charge on any atom is -0.335 e. The molecule has 0 N–H and O–H groups in total. The average molecular weight is 292 g/mol. The van der Waals surface area contributed by atoms with Gasteiger partial charge in [0, 0.05) is 25.6 Å². The highest BCUT2D eigenvalue weighted by Crippen LogP contribution is 2.09. The molecule has 0 atom stereocenters. The van der Waals surface area contributed by atoms with Crippen LogP contribution < -0.4 is 0 Å². The van der Waals surface area contributed by atoms with E-state index in [-0.39, 0.29) is 42.9 Å². The Morgan fingerprint density at radius 2 is 1.81 bits per heavy atom. The number of hydrogen-bond donors (Lipinski definition) is 0. The maximum absolute atomic E-state index is 12.8. The second kappa shape index (κ2) is 6.47. The normalized spacial score (nSPS) is 15.5. The van der Waals surface area contributed by atoms with Crippen LogP contribution in [0.4, 0.5) is 4.39 Å². The molecule has 0 spiro atoms. The van der Waals surface area contributed by atoms with Gasteiger partial charge < -0.3 is 9.80 Å². The highest BCUT2D eigenvalue weighted by Gasteiger charge is 2.26. The molecular formula is C15H17FN2O3. The monoisotopic (exact) mass is 292 g/mol. The molecule has 0 bridgehead atoms. The van der Waals surface area contributed by atoms with Crippen LogP contribution in [0.25, 0.3) is 0 Å². The first-order chi connectivity index (χ1) is 9.97. The van der Waals surface area contributed by atoms with Gasteiger partial charge in [-0.25, -0.2) is 4.39 Å². The Labute approximate surface area is 122 Å². The highest BCUT2D eigenvalue weighted by molar-refractivity contribution is 5.96. The van der Waals surface area contributed by atoms with Gasteiger partial charge in [-0.3, -0.25) is 14.4 Å². The minimum absolute atomic E-state index is 0.0695. The highest BCUT2D eigenvalue weighted by atomic mass is 19.1. The summed E-state index contributed by atoms with van der Waals surface area (Å²) in [4.78, 5) is 38.0. The van der Waals surface area contributed by atoms with Gasteiger partial charge in [0.25, 0.3) is 0 Å². The number of nitrogens with zero attached hydrogens (tertiary/aromatic N) is 2. The number of Topliss-reactive ketones (excluding diaryl/α,β-unsaturated/α-hetero) is 1. The number of halogens is 1. The summed E-state index contributed by atoms with van der Waals surface area (Å²) in [5.41, 5.74) is 0.456.